The fraction of sp³-hybridized carbons (Fsp3) is 0.632. The van der Waals surface area contributed by atoms with Gasteiger partial charge < -0.3 is 44.8 Å². The molecule has 2 rings (SSSR count). The van der Waals surface area contributed by atoms with Gasteiger partial charge in [0, 0.05) is 0 Å². The van der Waals surface area contributed by atoms with E-state index in [-0.39, 0.29) is 18.8 Å². The van der Waals surface area contributed by atoms with Gasteiger partial charge in [0.1, 0.15) is 36.8 Å². The van der Waals surface area contributed by atoms with Crippen molar-refractivity contribution in [3.05, 3.63) is 29.8 Å². The van der Waals surface area contributed by atoms with Crippen molar-refractivity contribution in [2.24, 2.45) is 0 Å². The first kappa shape index (κ1) is 23.5. The Kier molecular flexibility index (Phi) is 7.94. The highest BCUT2D eigenvalue weighted by Crippen LogP contribution is 2.24. The van der Waals surface area contributed by atoms with Gasteiger partial charge in [0.05, 0.1) is 12.2 Å². The fourth-order valence-corrected chi connectivity index (χ4v) is 2.64. The van der Waals surface area contributed by atoms with Crippen LogP contribution >= 0.6 is 0 Å². The molecule has 0 aromatic heterocycles. The van der Waals surface area contributed by atoms with Crippen molar-refractivity contribution in [1.29, 1.82) is 0 Å². The minimum Gasteiger partial charge on any atom is -0.462 e. The molecule has 1 fully saturated rings. The van der Waals surface area contributed by atoms with Gasteiger partial charge in [-0.2, -0.15) is 0 Å². The smallest absolute Gasteiger partial charge is 0.338 e. The Bertz CT molecular complexity index is 659. The van der Waals surface area contributed by atoms with Crippen molar-refractivity contribution >= 4 is 5.97 Å². The molecular formula is C19H28O10. The van der Waals surface area contributed by atoms with Crippen LogP contribution < -0.4 is 4.74 Å². The summed E-state index contributed by atoms with van der Waals surface area (Å²) in [5, 5.41) is 58.4. The van der Waals surface area contributed by atoms with Gasteiger partial charge >= 0.3 is 5.97 Å². The molecular weight excluding hydrogens is 388 g/mol. The van der Waals surface area contributed by atoms with Gasteiger partial charge in [-0.1, -0.05) is 19.1 Å². The molecule has 1 aromatic rings. The zero-order valence-electron chi connectivity index (χ0n) is 16.2. The topological polar surface area (TPSA) is 166 Å². The van der Waals surface area contributed by atoms with Crippen LogP contribution in [0.2, 0.25) is 0 Å². The molecule has 0 bridgehead atoms. The first-order chi connectivity index (χ1) is 13.6. The number of hydrogen-bond acceptors (Lipinski definition) is 10. The molecule has 1 heterocycles. The lowest BCUT2D eigenvalue weighted by Crippen LogP contribution is -2.60. The van der Waals surface area contributed by atoms with Crippen LogP contribution in [0.15, 0.2) is 24.3 Å². The standard InChI is InChI=1S/C19H28O10/c1-3-19(2,26)16(24)17(25)27-9-10-4-6-11(7-5-10)28-18-15(23)14(22)13(21)12(8-20)29-18/h4-7,12-16,18,20-24,26H,3,8-9H2,1-2H3/t12-,13-,14+,15-,16-,18+,19+/m1/s1. The zero-order valence-corrected chi connectivity index (χ0v) is 16.2. The SMILES string of the molecule is CC[C@](C)(O)[C@H](O)C(=O)OCc1ccc(O[C@H]2O[C@H](CO)[C@@H](O)[C@H](O)[C@H]2O)cc1. The van der Waals surface area contributed by atoms with Crippen molar-refractivity contribution in [3.8, 4) is 5.75 Å². The quantitative estimate of drug-likeness (QED) is 0.273. The maximum atomic E-state index is 11.8. The van der Waals surface area contributed by atoms with Gasteiger partial charge in [0.2, 0.25) is 6.29 Å². The van der Waals surface area contributed by atoms with Crippen LogP contribution in [-0.4, -0.2) is 85.6 Å². The summed E-state index contributed by atoms with van der Waals surface area (Å²) in [6.45, 7) is 2.26. The second kappa shape index (κ2) is 9.81. The number of aliphatic hydroxyl groups is 6. The van der Waals surface area contributed by atoms with E-state index in [0.29, 0.717) is 5.56 Å². The first-order valence-corrected chi connectivity index (χ1v) is 9.24. The van der Waals surface area contributed by atoms with Gasteiger partial charge in [-0.15, -0.1) is 0 Å². The molecule has 1 saturated heterocycles. The molecule has 10 nitrogen and oxygen atoms in total. The number of carbonyl (C=O) groups excluding carboxylic acids is 1. The van der Waals surface area contributed by atoms with E-state index in [2.05, 4.69) is 0 Å². The van der Waals surface area contributed by atoms with Crippen LogP contribution in [0.3, 0.4) is 0 Å². The Morgan fingerprint density at radius 2 is 1.79 bits per heavy atom. The number of ether oxygens (including phenoxy) is 3. The Morgan fingerprint density at radius 3 is 2.34 bits per heavy atom. The maximum absolute atomic E-state index is 11.8. The molecule has 0 aliphatic carbocycles. The first-order valence-electron chi connectivity index (χ1n) is 9.24. The number of esters is 1. The zero-order chi connectivity index (χ0) is 21.8. The molecule has 7 atom stereocenters. The Hall–Kier alpha value is -1.79. The normalized spacial score (nSPS) is 30.3. The summed E-state index contributed by atoms with van der Waals surface area (Å²) in [4.78, 5) is 11.8. The molecule has 6 N–H and O–H groups in total. The van der Waals surface area contributed by atoms with Crippen LogP contribution in [0, 0.1) is 0 Å². The summed E-state index contributed by atoms with van der Waals surface area (Å²) in [5.41, 5.74) is -1.01. The highest BCUT2D eigenvalue weighted by Gasteiger charge is 2.44. The van der Waals surface area contributed by atoms with E-state index in [4.69, 9.17) is 14.2 Å². The van der Waals surface area contributed by atoms with E-state index in [1.807, 2.05) is 0 Å². The summed E-state index contributed by atoms with van der Waals surface area (Å²) >= 11 is 0. The van der Waals surface area contributed by atoms with Gasteiger partial charge in [-0.3, -0.25) is 0 Å². The molecule has 29 heavy (non-hydrogen) atoms. The average Bonchev–Trinajstić information content (AvgIpc) is 2.72. The summed E-state index contributed by atoms with van der Waals surface area (Å²) < 4.78 is 15.7. The second-order valence-corrected chi connectivity index (χ2v) is 7.18. The van der Waals surface area contributed by atoms with Gasteiger partial charge in [0.15, 0.2) is 6.10 Å². The summed E-state index contributed by atoms with van der Waals surface area (Å²) in [6.07, 6.45) is -8.42. The van der Waals surface area contributed by atoms with Gasteiger partial charge in [-0.05, 0) is 31.0 Å². The molecule has 1 aromatic carbocycles. The van der Waals surface area contributed by atoms with Crippen LogP contribution in [0.1, 0.15) is 25.8 Å². The molecule has 10 heteroatoms. The predicted octanol–water partition coefficient (Wildman–Crippen LogP) is -1.57. The predicted molar refractivity (Wildman–Crippen MR) is 97.6 cm³/mol. The second-order valence-electron chi connectivity index (χ2n) is 7.18. The highest BCUT2D eigenvalue weighted by atomic mass is 16.7. The van der Waals surface area contributed by atoms with Gasteiger partial charge in [0.25, 0.3) is 0 Å². The fourth-order valence-electron chi connectivity index (χ4n) is 2.64. The molecule has 0 amide bonds. The van der Waals surface area contributed by atoms with E-state index >= 15 is 0 Å². The number of benzene rings is 1. The minimum absolute atomic E-state index is 0.143. The Balaban J connectivity index is 1.92. The summed E-state index contributed by atoms with van der Waals surface area (Å²) in [6, 6.07) is 6.14. The van der Waals surface area contributed by atoms with Gasteiger partial charge in [-0.25, -0.2) is 4.79 Å². The largest absolute Gasteiger partial charge is 0.462 e. The molecule has 0 saturated carbocycles. The Morgan fingerprint density at radius 1 is 1.17 bits per heavy atom. The molecule has 164 valence electrons. The van der Waals surface area contributed by atoms with E-state index in [9.17, 15) is 35.4 Å². The average molecular weight is 416 g/mol. The molecule has 0 unspecified atom stereocenters. The third-order valence-corrected chi connectivity index (χ3v) is 4.93. The van der Waals surface area contributed by atoms with E-state index in [1.54, 1.807) is 19.1 Å². The van der Waals surface area contributed by atoms with E-state index < -0.39 is 55.0 Å². The molecule has 1 aliphatic heterocycles. The molecule has 0 spiro atoms. The third kappa shape index (κ3) is 5.64. The minimum atomic E-state index is -1.67. The Labute approximate surface area is 167 Å². The van der Waals surface area contributed by atoms with Crippen LogP contribution in [0.25, 0.3) is 0 Å². The maximum Gasteiger partial charge on any atom is 0.338 e. The lowest BCUT2D eigenvalue weighted by molar-refractivity contribution is -0.277. The summed E-state index contributed by atoms with van der Waals surface area (Å²) in [5.74, 6) is -0.683. The lowest BCUT2D eigenvalue weighted by atomic mass is 9.96. The van der Waals surface area contributed by atoms with Crippen molar-refractivity contribution in [2.75, 3.05) is 6.61 Å². The van der Waals surface area contributed by atoms with E-state index in [1.165, 1.54) is 19.1 Å². The van der Waals surface area contributed by atoms with Crippen molar-refractivity contribution in [1.82, 2.24) is 0 Å². The molecule has 0 radical (unpaired) electrons. The summed E-state index contributed by atoms with van der Waals surface area (Å²) in [7, 11) is 0. The van der Waals surface area contributed by atoms with E-state index in [0.717, 1.165) is 0 Å². The number of carbonyl (C=O) groups is 1. The van der Waals surface area contributed by atoms with Crippen LogP contribution in [0.4, 0.5) is 0 Å². The third-order valence-electron chi connectivity index (χ3n) is 4.93. The number of rotatable bonds is 8. The van der Waals surface area contributed by atoms with Crippen LogP contribution in [-0.2, 0) is 20.9 Å². The molecule has 1 aliphatic rings. The lowest BCUT2D eigenvalue weighted by Gasteiger charge is -2.39. The van der Waals surface area contributed by atoms with Crippen molar-refractivity contribution < 1.29 is 49.6 Å². The van der Waals surface area contributed by atoms with Crippen LogP contribution in [0.5, 0.6) is 5.75 Å². The monoisotopic (exact) mass is 416 g/mol. The number of hydrogen-bond donors (Lipinski definition) is 6. The highest BCUT2D eigenvalue weighted by molar-refractivity contribution is 5.75. The van der Waals surface area contributed by atoms with Crippen molar-refractivity contribution in [3.63, 3.8) is 0 Å². The van der Waals surface area contributed by atoms with Crippen molar-refractivity contribution in [2.45, 2.75) is 69.3 Å². The number of aliphatic hydroxyl groups excluding tert-OH is 5.